The molecular weight excluding hydrogens is 591 g/mol. The number of nitrogens with one attached hydrogen (secondary N) is 1. The number of carbonyl (C=O) groups excluding carboxylic acids is 2. The van der Waals surface area contributed by atoms with Crippen LogP contribution in [0.5, 0.6) is 11.5 Å². The van der Waals surface area contributed by atoms with E-state index in [9.17, 15) is 23.5 Å². The lowest BCUT2D eigenvalue weighted by Crippen LogP contribution is -2.49. The van der Waals surface area contributed by atoms with Crippen molar-refractivity contribution in [3.63, 3.8) is 0 Å². The first kappa shape index (κ1) is 29.1. The molecule has 45 heavy (non-hydrogen) atoms. The second-order valence-electron chi connectivity index (χ2n) is 12.3. The second-order valence-corrected chi connectivity index (χ2v) is 12.3. The summed E-state index contributed by atoms with van der Waals surface area (Å²) in [5, 5.41) is 19.5. The zero-order valence-electron chi connectivity index (χ0n) is 24.5. The zero-order valence-corrected chi connectivity index (χ0v) is 24.5. The molecule has 10 nitrogen and oxygen atoms in total. The van der Waals surface area contributed by atoms with Gasteiger partial charge in [-0.2, -0.15) is 5.10 Å². The maximum Gasteiger partial charge on any atom is 0.251 e. The maximum absolute atomic E-state index is 16.1. The molecule has 2 fully saturated rings. The molecule has 13 heteroatoms. The van der Waals surface area contributed by atoms with Crippen molar-refractivity contribution >= 4 is 22.7 Å². The number of alkyl halides is 2. The van der Waals surface area contributed by atoms with Gasteiger partial charge in [0.05, 0.1) is 19.3 Å². The van der Waals surface area contributed by atoms with Crippen LogP contribution in [0.2, 0.25) is 0 Å². The van der Waals surface area contributed by atoms with Gasteiger partial charge >= 0.3 is 0 Å². The van der Waals surface area contributed by atoms with Gasteiger partial charge in [0, 0.05) is 41.1 Å². The predicted molar refractivity (Wildman–Crippen MR) is 156 cm³/mol. The predicted octanol–water partition coefficient (Wildman–Crippen LogP) is 3.92. The molecule has 3 aliphatic rings. The first-order valence-electron chi connectivity index (χ1n) is 14.5. The first-order chi connectivity index (χ1) is 21.3. The number of amides is 2. The van der Waals surface area contributed by atoms with Crippen LogP contribution in [-0.2, 0) is 21.6 Å². The Morgan fingerprint density at radius 1 is 1.16 bits per heavy atom. The van der Waals surface area contributed by atoms with Gasteiger partial charge in [0.15, 0.2) is 5.60 Å². The maximum atomic E-state index is 16.1. The number of nitrogens with zero attached hydrogens (tertiary/aromatic N) is 3. The standard InChI is InChI=1S/C32H30F3N5O5/c1-29(28(36)42)16-45-26-21(29)13-23(38-25(26)17-3-5-20(33)6-4-17)32(43,30(34)7-8-30)15-37-27(41)18-11-19-14-40(31(35)9-10-31)39-24(19)22(12-18)44-2/h3-6,11-14,43H,7-10,15-16H2,1-2H3,(H2,36,42)(H,37,41)/t29-,32?/m0/s1. The lowest BCUT2D eigenvalue weighted by molar-refractivity contribution is -0.123. The number of carbonyl (C=O) groups is 2. The van der Waals surface area contributed by atoms with E-state index in [2.05, 4.69) is 15.4 Å². The highest BCUT2D eigenvalue weighted by atomic mass is 19.2. The van der Waals surface area contributed by atoms with Crippen LogP contribution in [0.3, 0.4) is 0 Å². The van der Waals surface area contributed by atoms with Crippen LogP contribution in [-0.4, -0.2) is 57.6 Å². The summed E-state index contributed by atoms with van der Waals surface area (Å²) in [7, 11) is 1.40. The molecule has 1 unspecified atom stereocenters. The van der Waals surface area contributed by atoms with Gasteiger partial charge in [0.2, 0.25) is 11.7 Å². The van der Waals surface area contributed by atoms with Crippen molar-refractivity contribution in [1.82, 2.24) is 20.1 Å². The average Bonchev–Trinajstić information content (AvgIpc) is 3.88. The number of ether oxygens (including phenoxy) is 2. The smallest absolute Gasteiger partial charge is 0.251 e. The van der Waals surface area contributed by atoms with Crippen molar-refractivity contribution < 1.29 is 37.3 Å². The lowest BCUT2D eigenvalue weighted by atomic mass is 9.80. The van der Waals surface area contributed by atoms with Gasteiger partial charge in [-0.15, -0.1) is 0 Å². The summed E-state index contributed by atoms with van der Waals surface area (Å²) in [6.07, 6.45) is 2.17. The van der Waals surface area contributed by atoms with E-state index in [1.54, 1.807) is 6.92 Å². The molecule has 0 bridgehead atoms. The highest BCUT2D eigenvalue weighted by molar-refractivity contribution is 6.00. The van der Waals surface area contributed by atoms with Crippen LogP contribution in [0.25, 0.3) is 22.2 Å². The number of nitrogens with two attached hydrogens (primary N) is 1. The molecule has 2 saturated carbocycles. The van der Waals surface area contributed by atoms with Crippen molar-refractivity contribution in [2.75, 3.05) is 20.3 Å². The van der Waals surface area contributed by atoms with Gasteiger partial charge in [-0.1, -0.05) is 0 Å². The van der Waals surface area contributed by atoms with E-state index < -0.39 is 46.7 Å². The fourth-order valence-corrected chi connectivity index (χ4v) is 5.84. The molecule has 234 valence electrons. The van der Waals surface area contributed by atoms with Crippen molar-refractivity contribution in [2.24, 2.45) is 5.73 Å². The van der Waals surface area contributed by atoms with Gasteiger partial charge < -0.3 is 25.6 Å². The van der Waals surface area contributed by atoms with Gasteiger partial charge in [-0.25, -0.2) is 22.8 Å². The van der Waals surface area contributed by atoms with Crippen LogP contribution in [0.1, 0.15) is 54.2 Å². The summed E-state index contributed by atoms with van der Waals surface area (Å²) in [6.45, 7) is 0.873. The van der Waals surface area contributed by atoms with Crippen molar-refractivity contribution in [3.05, 3.63) is 71.3 Å². The van der Waals surface area contributed by atoms with Crippen LogP contribution in [0.15, 0.2) is 48.7 Å². The molecule has 4 N–H and O–H groups in total. The summed E-state index contributed by atoms with van der Waals surface area (Å²) in [5.41, 5.74) is 1.16. The number of rotatable bonds is 9. The number of methoxy groups -OCH3 is 1. The number of aliphatic hydroxyl groups is 1. The molecule has 2 aliphatic carbocycles. The first-order valence-corrected chi connectivity index (χ1v) is 14.5. The molecule has 4 aromatic rings. The van der Waals surface area contributed by atoms with Gasteiger partial charge in [0.25, 0.3) is 5.91 Å². The normalized spacial score (nSPS) is 21.8. The van der Waals surface area contributed by atoms with E-state index in [-0.39, 0.29) is 47.9 Å². The van der Waals surface area contributed by atoms with Gasteiger partial charge in [0.1, 0.15) is 46.2 Å². The number of pyridine rings is 1. The topological polar surface area (TPSA) is 142 Å². The molecule has 0 saturated heterocycles. The van der Waals surface area contributed by atoms with Crippen molar-refractivity contribution in [1.29, 1.82) is 0 Å². The summed E-state index contributed by atoms with van der Waals surface area (Å²) in [4.78, 5) is 30.6. The number of hydrogen-bond donors (Lipinski definition) is 3. The Bertz CT molecular complexity index is 1890. The van der Waals surface area contributed by atoms with E-state index in [0.717, 1.165) is 0 Å². The minimum atomic E-state index is -2.33. The van der Waals surface area contributed by atoms with E-state index in [4.69, 9.17) is 15.2 Å². The van der Waals surface area contributed by atoms with Crippen molar-refractivity contribution in [2.45, 2.75) is 55.1 Å². The second kappa shape index (κ2) is 9.67. The quantitative estimate of drug-likeness (QED) is 0.257. The van der Waals surface area contributed by atoms with E-state index in [1.165, 1.54) is 60.5 Å². The summed E-state index contributed by atoms with van der Waals surface area (Å²) >= 11 is 0. The number of aromatic nitrogens is 3. The molecule has 2 aromatic carbocycles. The molecular formula is C32H30F3N5O5. The molecule has 2 aromatic heterocycles. The molecule has 2 atom stereocenters. The summed E-state index contributed by atoms with van der Waals surface area (Å²) in [5.74, 6) is -2.95. The SMILES string of the molecule is COc1cc(C(=O)NCC(O)(c2cc3c(c(-c4ccc(F)cc4)n2)OC[C@]3(C)C(N)=O)C2(F)CC2)cc2cn(C3(F)CC3)nc12. The van der Waals surface area contributed by atoms with E-state index in [0.29, 0.717) is 34.9 Å². The fraction of sp³-hybridized carbons (Fsp3) is 0.375. The third kappa shape index (κ3) is 4.51. The molecule has 3 heterocycles. The van der Waals surface area contributed by atoms with Crippen LogP contribution < -0.4 is 20.5 Å². The summed E-state index contributed by atoms with van der Waals surface area (Å²) < 4.78 is 57.1. The van der Waals surface area contributed by atoms with Gasteiger partial charge in [-0.3, -0.25) is 9.59 Å². The molecule has 2 amide bonds. The summed E-state index contributed by atoms with van der Waals surface area (Å²) in [6, 6.07) is 9.68. The minimum absolute atomic E-state index is 0.00243. The number of primary amides is 1. The number of fused-ring (bicyclic) bond motifs is 2. The highest BCUT2D eigenvalue weighted by Gasteiger charge is 2.62. The molecule has 0 radical (unpaired) electrons. The van der Waals surface area contributed by atoms with Crippen molar-refractivity contribution in [3.8, 4) is 22.8 Å². The lowest BCUT2D eigenvalue weighted by Gasteiger charge is -2.33. The van der Waals surface area contributed by atoms with E-state index >= 15 is 4.39 Å². The monoisotopic (exact) mass is 621 g/mol. The Kier molecular flexibility index (Phi) is 6.25. The average molecular weight is 622 g/mol. The third-order valence-electron chi connectivity index (χ3n) is 9.22. The minimum Gasteiger partial charge on any atom is -0.494 e. The van der Waals surface area contributed by atoms with E-state index in [1.807, 2.05) is 0 Å². The fourth-order valence-electron chi connectivity index (χ4n) is 5.84. The van der Waals surface area contributed by atoms with Crippen LogP contribution in [0.4, 0.5) is 13.2 Å². The molecule has 0 spiro atoms. The number of halogens is 3. The Hall–Kier alpha value is -4.65. The Balaban J connectivity index is 1.27. The zero-order chi connectivity index (χ0) is 31.9. The molecule has 1 aliphatic heterocycles. The Labute approximate surface area is 255 Å². The number of benzene rings is 2. The molecule has 7 rings (SSSR count). The highest BCUT2D eigenvalue weighted by Crippen LogP contribution is 2.55. The van der Waals surface area contributed by atoms with Gasteiger partial charge in [-0.05, 0) is 62.2 Å². The van der Waals surface area contributed by atoms with Crippen LogP contribution >= 0.6 is 0 Å². The number of hydrogen-bond acceptors (Lipinski definition) is 7. The van der Waals surface area contributed by atoms with Crippen LogP contribution in [0, 0.1) is 5.82 Å². The Morgan fingerprint density at radius 3 is 2.49 bits per heavy atom. The Morgan fingerprint density at radius 2 is 1.87 bits per heavy atom. The third-order valence-corrected chi connectivity index (χ3v) is 9.22. The largest absolute Gasteiger partial charge is 0.494 e.